The van der Waals surface area contributed by atoms with Crippen molar-refractivity contribution >= 4 is 38.9 Å². The van der Waals surface area contributed by atoms with Crippen molar-refractivity contribution in [2.75, 3.05) is 4.90 Å². The van der Waals surface area contributed by atoms with Gasteiger partial charge in [0.05, 0.1) is 11.0 Å². The summed E-state index contributed by atoms with van der Waals surface area (Å²) < 4.78 is 2.39. The fraction of sp³-hybridized carbons (Fsp3) is 0. The van der Waals surface area contributed by atoms with Crippen LogP contribution in [0.5, 0.6) is 0 Å². The van der Waals surface area contributed by atoms with E-state index in [1.807, 2.05) is 0 Å². The maximum atomic E-state index is 2.39. The van der Waals surface area contributed by atoms with Crippen LogP contribution >= 0.6 is 0 Å². The zero-order valence-corrected chi connectivity index (χ0v) is 30.8. The average molecular weight is 715 g/mol. The molecule has 9 aromatic carbocycles. The molecule has 0 N–H and O–H groups in total. The van der Waals surface area contributed by atoms with Crippen LogP contribution in [-0.4, -0.2) is 4.57 Å². The fourth-order valence-corrected chi connectivity index (χ4v) is 8.09. The van der Waals surface area contributed by atoms with Crippen molar-refractivity contribution in [2.45, 2.75) is 0 Å². The van der Waals surface area contributed by atoms with Crippen LogP contribution in [0.25, 0.3) is 72.0 Å². The van der Waals surface area contributed by atoms with Gasteiger partial charge < -0.3 is 9.47 Å². The predicted octanol–water partition coefficient (Wildman–Crippen LogP) is 14.9. The summed E-state index contributed by atoms with van der Waals surface area (Å²) in [6, 6.07) is 83.0. The highest BCUT2D eigenvalue weighted by atomic mass is 15.1. The van der Waals surface area contributed by atoms with E-state index in [2.05, 4.69) is 240 Å². The first-order valence-corrected chi connectivity index (χ1v) is 19.2. The molecule has 0 bridgehead atoms. The largest absolute Gasteiger partial charge is 0.310 e. The molecule has 0 amide bonds. The minimum Gasteiger partial charge on any atom is -0.310 e. The maximum absolute atomic E-state index is 2.39. The van der Waals surface area contributed by atoms with Gasteiger partial charge in [-0.15, -0.1) is 0 Å². The molecule has 0 spiro atoms. The van der Waals surface area contributed by atoms with Gasteiger partial charge in [-0.25, -0.2) is 0 Å². The minimum atomic E-state index is 1.09. The third-order valence-electron chi connectivity index (χ3n) is 10.8. The van der Waals surface area contributed by atoms with E-state index in [-0.39, 0.29) is 0 Å². The first-order valence-electron chi connectivity index (χ1n) is 19.2. The van der Waals surface area contributed by atoms with Crippen LogP contribution in [0.2, 0.25) is 0 Å². The van der Waals surface area contributed by atoms with E-state index < -0.39 is 0 Å². The van der Waals surface area contributed by atoms with E-state index in [0.29, 0.717) is 0 Å². The lowest BCUT2D eigenvalue weighted by Gasteiger charge is -2.26. The van der Waals surface area contributed by atoms with Gasteiger partial charge in [-0.2, -0.15) is 0 Å². The monoisotopic (exact) mass is 714 g/mol. The van der Waals surface area contributed by atoms with Crippen molar-refractivity contribution in [3.63, 3.8) is 0 Å². The second kappa shape index (κ2) is 14.4. The van der Waals surface area contributed by atoms with E-state index >= 15 is 0 Å². The Kier molecular flexibility index (Phi) is 8.55. The Bertz CT molecular complexity index is 2910. The van der Waals surface area contributed by atoms with Crippen molar-refractivity contribution in [2.24, 2.45) is 0 Å². The molecule has 1 aromatic heterocycles. The highest BCUT2D eigenvalue weighted by Gasteiger charge is 2.18. The molecule has 0 aliphatic rings. The van der Waals surface area contributed by atoms with Gasteiger partial charge in [0.2, 0.25) is 0 Å². The molecule has 10 rings (SSSR count). The molecule has 0 saturated heterocycles. The van der Waals surface area contributed by atoms with E-state index in [1.165, 1.54) is 66.3 Å². The molecule has 0 unspecified atom stereocenters. The molecule has 2 nitrogen and oxygen atoms in total. The van der Waals surface area contributed by atoms with Gasteiger partial charge in [-0.05, 0) is 105 Å². The number of rotatable bonds is 8. The van der Waals surface area contributed by atoms with Crippen molar-refractivity contribution in [3.8, 4) is 50.2 Å². The standard InChI is InChI=1S/C54H38N2/c1-5-15-39(16-6-1)40-25-30-46(31-26-40)55(48-34-36-51-50-23-13-14-24-53(50)56(54(51)38-48)45-21-11-4-12-22-45)47-32-27-41(28-33-47)44-29-35-49(42-17-7-2-8-18-42)52(37-44)43-19-9-3-10-20-43/h1-38H. The third-order valence-corrected chi connectivity index (χ3v) is 10.8. The number of aromatic nitrogens is 1. The first-order chi connectivity index (χ1) is 27.8. The van der Waals surface area contributed by atoms with Crippen LogP contribution in [0.4, 0.5) is 17.1 Å². The number of benzene rings is 9. The quantitative estimate of drug-likeness (QED) is 0.152. The molecule has 264 valence electrons. The Balaban J connectivity index is 1.10. The Morgan fingerprint density at radius 1 is 0.268 bits per heavy atom. The van der Waals surface area contributed by atoms with Crippen molar-refractivity contribution in [3.05, 3.63) is 231 Å². The number of hydrogen-bond acceptors (Lipinski definition) is 1. The smallest absolute Gasteiger partial charge is 0.0561 e. The van der Waals surface area contributed by atoms with Gasteiger partial charge in [0.1, 0.15) is 0 Å². The second-order valence-corrected chi connectivity index (χ2v) is 14.2. The van der Waals surface area contributed by atoms with Gasteiger partial charge >= 0.3 is 0 Å². The summed E-state index contributed by atoms with van der Waals surface area (Å²) in [6.45, 7) is 0. The Morgan fingerprint density at radius 2 is 0.714 bits per heavy atom. The fourth-order valence-electron chi connectivity index (χ4n) is 8.09. The van der Waals surface area contributed by atoms with Crippen molar-refractivity contribution in [1.29, 1.82) is 0 Å². The van der Waals surface area contributed by atoms with Crippen LogP contribution in [-0.2, 0) is 0 Å². The van der Waals surface area contributed by atoms with Crippen LogP contribution in [0.15, 0.2) is 231 Å². The molecule has 2 heteroatoms. The molecule has 56 heavy (non-hydrogen) atoms. The molecular weight excluding hydrogens is 677 g/mol. The molecular formula is C54H38N2. The zero-order chi connectivity index (χ0) is 37.3. The van der Waals surface area contributed by atoms with E-state index in [4.69, 9.17) is 0 Å². The molecule has 0 aliphatic carbocycles. The van der Waals surface area contributed by atoms with E-state index in [0.717, 1.165) is 22.7 Å². The number of para-hydroxylation sites is 2. The number of nitrogens with zero attached hydrogens (tertiary/aromatic N) is 2. The molecule has 1 heterocycles. The Labute approximate surface area is 327 Å². The van der Waals surface area contributed by atoms with E-state index in [9.17, 15) is 0 Å². The normalized spacial score (nSPS) is 11.2. The lowest BCUT2D eigenvalue weighted by molar-refractivity contribution is 1.18. The highest BCUT2D eigenvalue weighted by Crippen LogP contribution is 2.41. The second-order valence-electron chi connectivity index (χ2n) is 14.2. The summed E-state index contributed by atoms with van der Waals surface area (Å²) in [7, 11) is 0. The van der Waals surface area contributed by atoms with Gasteiger partial charge in [0.25, 0.3) is 0 Å². The van der Waals surface area contributed by atoms with E-state index in [1.54, 1.807) is 0 Å². The molecule has 0 fully saturated rings. The average Bonchev–Trinajstić information content (AvgIpc) is 3.62. The Morgan fingerprint density at radius 3 is 1.34 bits per heavy atom. The maximum Gasteiger partial charge on any atom is 0.0561 e. The van der Waals surface area contributed by atoms with Gasteiger partial charge in [-0.3, -0.25) is 0 Å². The molecule has 0 radical (unpaired) electrons. The van der Waals surface area contributed by atoms with Crippen LogP contribution in [0.1, 0.15) is 0 Å². The first kappa shape index (κ1) is 33.2. The Hall–Kier alpha value is -7.42. The summed E-state index contributed by atoms with van der Waals surface area (Å²) in [5.74, 6) is 0. The van der Waals surface area contributed by atoms with Crippen LogP contribution in [0.3, 0.4) is 0 Å². The van der Waals surface area contributed by atoms with Crippen LogP contribution in [0, 0.1) is 0 Å². The number of anilines is 3. The van der Waals surface area contributed by atoms with Gasteiger partial charge in [0.15, 0.2) is 0 Å². The summed E-state index contributed by atoms with van der Waals surface area (Å²) >= 11 is 0. The predicted molar refractivity (Wildman–Crippen MR) is 237 cm³/mol. The number of hydrogen-bond donors (Lipinski definition) is 0. The molecule has 0 saturated carbocycles. The topological polar surface area (TPSA) is 8.17 Å². The van der Waals surface area contributed by atoms with Gasteiger partial charge in [-0.1, -0.05) is 170 Å². The van der Waals surface area contributed by atoms with Crippen LogP contribution < -0.4 is 4.90 Å². The third kappa shape index (κ3) is 6.14. The number of fused-ring (bicyclic) bond motifs is 3. The zero-order valence-electron chi connectivity index (χ0n) is 30.8. The van der Waals surface area contributed by atoms with Crippen molar-refractivity contribution < 1.29 is 0 Å². The SMILES string of the molecule is c1ccc(-c2ccc(N(c3ccc(-c4ccc(-c5ccccc5)c(-c5ccccc5)c4)cc3)c3ccc4c5ccccc5n(-c5ccccc5)c4c3)cc2)cc1. The lowest BCUT2D eigenvalue weighted by Crippen LogP contribution is -2.10. The summed E-state index contributed by atoms with van der Waals surface area (Å²) in [4.78, 5) is 2.37. The summed E-state index contributed by atoms with van der Waals surface area (Å²) in [6.07, 6.45) is 0. The lowest BCUT2D eigenvalue weighted by atomic mass is 9.91. The molecule has 0 aliphatic heterocycles. The molecule has 10 aromatic rings. The summed E-state index contributed by atoms with van der Waals surface area (Å²) in [5, 5.41) is 2.48. The van der Waals surface area contributed by atoms with Crippen molar-refractivity contribution in [1.82, 2.24) is 4.57 Å². The molecule has 0 atom stereocenters. The highest BCUT2D eigenvalue weighted by molar-refractivity contribution is 6.10. The van der Waals surface area contributed by atoms with Gasteiger partial charge in [0, 0.05) is 33.5 Å². The minimum absolute atomic E-state index is 1.09. The summed E-state index contributed by atoms with van der Waals surface area (Å²) in [5.41, 5.74) is 16.4.